The molecule has 0 aromatic heterocycles. The van der Waals surface area contributed by atoms with Crippen molar-refractivity contribution >= 4 is 5.97 Å². The summed E-state index contributed by atoms with van der Waals surface area (Å²) < 4.78 is 38.4. The molecule has 0 aliphatic carbocycles. The standard InChI is InChI=1S/C5H6F3NO3/c6-4(7)5(8)12-2(9)1-3(10)11/h1,4-5H,9H2,(H,10,11)/b2-1+. The van der Waals surface area contributed by atoms with Gasteiger partial charge in [-0.15, -0.1) is 0 Å². The van der Waals surface area contributed by atoms with E-state index in [1.807, 2.05) is 0 Å². The van der Waals surface area contributed by atoms with Crippen LogP contribution in [-0.4, -0.2) is 23.9 Å². The van der Waals surface area contributed by atoms with Crippen LogP contribution in [0.2, 0.25) is 0 Å². The molecule has 0 amide bonds. The molecule has 12 heavy (non-hydrogen) atoms. The lowest BCUT2D eigenvalue weighted by Crippen LogP contribution is -2.19. The second-order valence-electron chi connectivity index (χ2n) is 1.69. The summed E-state index contributed by atoms with van der Waals surface area (Å²) in [4.78, 5) is 9.81. The second kappa shape index (κ2) is 4.47. The summed E-state index contributed by atoms with van der Waals surface area (Å²) in [5, 5.41) is 7.99. The zero-order valence-electron chi connectivity index (χ0n) is 5.71. The van der Waals surface area contributed by atoms with Crippen molar-refractivity contribution in [2.24, 2.45) is 5.73 Å². The molecule has 0 bridgehead atoms. The van der Waals surface area contributed by atoms with Gasteiger partial charge in [0.25, 0.3) is 6.36 Å². The molecule has 1 unspecified atom stereocenters. The maximum Gasteiger partial charge on any atom is 0.333 e. The summed E-state index contributed by atoms with van der Waals surface area (Å²) in [6, 6.07) is 0. The first-order valence-corrected chi connectivity index (χ1v) is 2.72. The molecule has 0 radical (unpaired) electrons. The molecule has 1 atom stereocenters. The highest BCUT2D eigenvalue weighted by Gasteiger charge is 2.21. The molecule has 0 fully saturated rings. The van der Waals surface area contributed by atoms with Crippen LogP contribution in [0.15, 0.2) is 12.0 Å². The van der Waals surface area contributed by atoms with Crippen molar-refractivity contribution < 1.29 is 27.8 Å². The average molecular weight is 185 g/mol. The van der Waals surface area contributed by atoms with Crippen LogP contribution in [0.1, 0.15) is 0 Å². The molecule has 0 saturated heterocycles. The van der Waals surface area contributed by atoms with Gasteiger partial charge in [0.05, 0.1) is 6.08 Å². The monoisotopic (exact) mass is 185 g/mol. The van der Waals surface area contributed by atoms with Crippen molar-refractivity contribution in [3.63, 3.8) is 0 Å². The SMILES string of the molecule is N/C(=C\C(=O)O)OC(F)C(F)F. The molecule has 0 rings (SSSR count). The normalized spacial score (nSPS) is 14.5. The Hall–Kier alpha value is -1.40. The lowest BCUT2D eigenvalue weighted by molar-refractivity contribution is -0.132. The fourth-order valence-corrected chi connectivity index (χ4v) is 0.337. The Bertz CT molecular complexity index is 194. The minimum atomic E-state index is -3.36. The fourth-order valence-electron chi connectivity index (χ4n) is 0.337. The maximum absolute atomic E-state index is 11.9. The lowest BCUT2D eigenvalue weighted by atomic mass is 10.6. The van der Waals surface area contributed by atoms with Gasteiger partial charge in [-0.25, -0.2) is 13.6 Å². The van der Waals surface area contributed by atoms with Crippen molar-refractivity contribution in [1.29, 1.82) is 0 Å². The van der Waals surface area contributed by atoms with Crippen LogP contribution in [0.4, 0.5) is 13.2 Å². The van der Waals surface area contributed by atoms with Gasteiger partial charge in [-0.2, -0.15) is 4.39 Å². The van der Waals surface area contributed by atoms with E-state index in [2.05, 4.69) is 4.74 Å². The average Bonchev–Trinajstić information content (AvgIpc) is 1.84. The highest BCUT2D eigenvalue weighted by molar-refractivity contribution is 5.80. The lowest BCUT2D eigenvalue weighted by Gasteiger charge is -2.08. The van der Waals surface area contributed by atoms with Crippen molar-refractivity contribution in [3.05, 3.63) is 12.0 Å². The minimum Gasteiger partial charge on any atom is -0.478 e. The van der Waals surface area contributed by atoms with Gasteiger partial charge in [0.2, 0.25) is 0 Å². The van der Waals surface area contributed by atoms with Crippen LogP contribution in [-0.2, 0) is 9.53 Å². The number of nitrogens with two attached hydrogens (primary N) is 1. The number of rotatable bonds is 4. The quantitative estimate of drug-likeness (QED) is 0.492. The highest BCUT2D eigenvalue weighted by Crippen LogP contribution is 2.08. The third-order valence-electron chi connectivity index (χ3n) is 0.713. The molecule has 0 aliphatic rings. The second-order valence-corrected chi connectivity index (χ2v) is 1.69. The van der Waals surface area contributed by atoms with E-state index in [1.54, 1.807) is 0 Å². The summed E-state index contributed by atoms with van der Waals surface area (Å²) in [7, 11) is 0. The number of carboxylic acid groups (broad SMARTS) is 1. The Morgan fingerprint density at radius 3 is 2.33 bits per heavy atom. The van der Waals surface area contributed by atoms with Gasteiger partial charge < -0.3 is 15.6 Å². The Kier molecular flexibility index (Phi) is 3.95. The zero-order valence-corrected chi connectivity index (χ0v) is 5.71. The van der Waals surface area contributed by atoms with Gasteiger partial charge in [0.1, 0.15) is 0 Å². The molecule has 3 N–H and O–H groups in total. The summed E-state index contributed by atoms with van der Waals surface area (Å²) in [6.07, 6.45) is -5.99. The largest absolute Gasteiger partial charge is 0.478 e. The van der Waals surface area contributed by atoms with Crippen LogP contribution in [0.3, 0.4) is 0 Å². The number of carbonyl (C=O) groups is 1. The van der Waals surface area contributed by atoms with E-state index in [4.69, 9.17) is 10.8 Å². The summed E-state index contributed by atoms with van der Waals surface area (Å²) in [5.74, 6) is -2.41. The van der Waals surface area contributed by atoms with Crippen molar-refractivity contribution in [2.45, 2.75) is 12.8 Å². The molecule has 0 aromatic carbocycles. The van der Waals surface area contributed by atoms with Gasteiger partial charge in [-0.05, 0) is 0 Å². The van der Waals surface area contributed by atoms with E-state index in [9.17, 15) is 18.0 Å². The van der Waals surface area contributed by atoms with Crippen molar-refractivity contribution in [1.82, 2.24) is 0 Å². The van der Waals surface area contributed by atoms with Gasteiger partial charge in [0.15, 0.2) is 5.88 Å². The summed E-state index contributed by atoms with van der Waals surface area (Å²) in [6.45, 7) is 0. The summed E-state index contributed by atoms with van der Waals surface area (Å²) >= 11 is 0. The molecule has 0 aliphatic heterocycles. The Balaban J connectivity index is 4.00. The minimum absolute atomic E-state index is 0.273. The van der Waals surface area contributed by atoms with Crippen LogP contribution in [0.25, 0.3) is 0 Å². The molecule has 0 aromatic rings. The van der Waals surface area contributed by atoms with Crippen LogP contribution >= 0.6 is 0 Å². The van der Waals surface area contributed by atoms with Crippen molar-refractivity contribution in [3.8, 4) is 0 Å². The maximum atomic E-state index is 11.9. The first-order valence-electron chi connectivity index (χ1n) is 2.72. The molecule has 0 heterocycles. The highest BCUT2D eigenvalue weighted by atomic mass is 19.3. The van der Waals surface area contributed by atoms with Gasteiger partial charge >= 0.3 is 12.4 Å². The third kappa shape index (κ3) is 4.42. The zero-order chi connectivity index (χ0) is 9.72. The Labute approximate surface area is 65.4 Å². The molecule has 0 saturated carbocycles. The smallest absolute Gasteiger partial charge is 0.333 e. The molecule has 70 valence electrons. The number of aliphatic carboxylic acids is 1. The number of hydrogen-bond donors (Lipinski definition) is 2. The van der Waals surface area contributed by atoms with E-state index in [1.165, 1.54) is 0 Å². The summed E-state index contributed by atoms with van der Waals surface area (Å²) in [5.41, 5.74) is 4.70. The van der Waals surface area contributed by atoms with E-state index in [0.717, 1.165) is 0 Å². The topological polar surface area (TPSA) is 72.6 Å². The van der Waals surface area contributed by atoms with E-state index >= 15 is 0 Å². The fraction of sp³-hybridized carbons (Fsp3) is 0.400. The van der Waals surface area contributed by atoms with Crippen LogP contribution < -0.4 is 5.73 Å². The predicted molar refractivity (Wildman–Crippen MR) is 31.9 cm³/mol. The van der Waals surface area contributed by atoms with Crippen LogP contribution in [0, 0.1) is 0 Å². The number of carboxylic acids is 1. The molecular weight excluding hydrogens is 179 g/mol. The Morgan fingerprint density at radius 1 is 1.50 bits per heavy atom. The van der Waals surface area contributed by atoms with Crippen LogP contribution in [0.5, 0.6) is 0 Å². The van der Waals surface area contributed by atoms with E-state index < -0.39 is 24.6 Å². The number of hydrogen-bond acceptors (Lipinski definition) is 3. The Morgan fingerprint density at radius 2 is 2.00 bits per heavy atom. The third-order valence-corrected chi connectivity index (χ3v) is 0.713. The molecular formula is C5H6F3NO3. The number of halogens is 3. The van der Waals surface area contributed by atoms with E-state index in [0.29, 0.717) is 0 Å². The van der Waals surface area contributed by atoms with E-state index in [-0.39, 0.29) is 6.08 Å². The molecule has 4 nitrogen and oxygen atoms in total. The number of alkyl halides is 3. The van der Waals surface area contributed by atoms with Gasteiger partial charge in [0, 0.05) is 0 Å². The first-order chi connectivity index (χ1) is 5.43. The van der Waals surface area contributed by atoms with Gasteiger partial charge in [-0.1, -0.05) is 0 Å². The predicted octanol–water partition coefficient (Wildman–Crippen LogP) is 0.448. The first kappa shape index (κ1) is 10.6. The molecule has 7 heteroatoms. The van der Waals surface area contributed by atoms with Gasteiger partial charge in [-0.3, -0.25) is 0 Å². The van der Waals surface area contributed by atoms with Crippen molar-refractivity contribution in [2.75, 3.05) is 0 Å². The molecule has 0 spiro atoms. The number of ether oxygens (including phenoxy) is 1.